The van der Waals surface area contributed by atoms with E-state index in [0.717, 1.165) is 4.57 Å². The van der Waals surface area contributed by atoms with E-state index in [2.05, 4.69) is 4.98 Å². The molecule has 0 spiro atoms. The van der Waals surface area contributed by atoms with Crippen LogP contribution in [0.1, 0.15) is 18.5 Å². The number of benzene rings is 2. The summed E-state index contributed by atoms with van der Waals surface area (Å²) < 4.78 is 5.96. The van der Waals surface area contributed by atoms with Gasteiger partial charge in [0.1, 0.15) is 0 Å². The molecule has 0 saturated heterocycles. The second-order valence-corrected chi connectivity index (χ2v) is 5.79. The van der Waals surface area contributed by atoms with Crippen molar-refractivity contribution >= 4 is 28.5 Å². The van der Waals surface area contributed by atoms with Gasteiger partial charge in [0.15, 0.2) is 6.04 Å². The highest BCUT2D eigenvalue weighted by Crippen LogP contribution is 2.20. The van der Waals surface area contributed by atoms with Gasteiger partial charge in [-0.15, -0.1) is 0 Å². The number of hydrogen-bond donors (Lipinski definition) is 1. The van der Waals surface area contributed by atoms with Crippen molar-refractivity contribution in [3.05, 3.63) is 80.0 Å². The molecule has 2 aromatic carbocycles. The van der Waals surface area contributed by atoms with Crippen LogP contribution in [0.4, 0.5) is 0 Å². The predicted octanol–water partition coefficient (Wildman–Crippen LogP) is 2.50. The highest BCUT2D eigenvalue weighted by Gasteiger charge is 2.28. The summed E-state index contributed by atoms with van der Waals surface area (Å²) in [5.74, 6) is -0.687. The second-order valence-electron chi connectivity index (χ2n) is 5.36. The number of esters is 1. The second kappa shape index (κ2) is 6.94. The number of halogens is 1. The molecular formula is C18H15ClN2O4. The predicted molar refractivity (Wildman–Crippen MR) is 95.1 cm³/mol. The maximum Gasteiger partial charge on any atom is 0.334 e. The number of carbonyl (C=O) groups is 1. The van der Waals surface area contributed by atoms with Crippen LogP contribution in [0.3, 0.4) is 0 Å². The van der Waals surface area contributed by atoms with Gasteiger partial charge < -0.3 is 9.72 Å². The molecule has 3 rings (SSSR count). The largest absolute Gasteiger partial charge is 0.464 e. The lowest BCUT2D eigenvalue weighted by Crippen LogP contribution is -2.42. The van der Waals surface area contributed by atoms with Gasteiger partial charge in [0, 0.05) is 5.02 Å². The summed E-state index contributed by atoms with van der Waals surface area (Å²) in [5, 5.41) is 0.788. The molecule has 0 bridgehead atoms. The van der Waals surface area contributed by atoms with Gasteiger partial charge in [0.05, 0.1) is 17.5 Å². The first-order valence-electron chi connectivity index (χ1n) is 7.68. The van der Waals surface area contributed by atoms with Crippen molar-refractivity contribution in [2.24, 2.45) is 0 Å². The third-order valence-corrected chi connectivity index (χ3v) is 4.04. The molecule has 1 heterocycles. The number of fused-ring (bicyclic) bond motifs is 1. The van der Waals surface area contributed by atoms with Crippen molar-refractivity contribution in [3.8, 4) is 0 Å². The minimum atomic E-state index is -1.20. The topological polar surface area (TPSA) is 81.2 Å². The average Bonchev–Trinajstić information content (AvgIpc) is 2.60. The molecule has 0 aliphatic rings. The Hall–Kier alpha value is -2.86. The Bertz CT molecular complexity index is 1040. The lowest BCUT2D eigenvalue weighted by molar-refractivity contribution is -0.145. The van der Waals surface area contributed by atoms with Gasteiger partial charge in [-0.1, -0.05) is 35.9 Å². The third-order valence-electron chi connectivity index (χ3n) is 3.79. The first-order chi connectivity index (χ1) is 12.0. The first-order valence-corrected chi connectivity index (χ1v) is 8.06. The zero-order chi connectivity index (χ0) is 18.0. The molecule has 0 radical (unpaired) electrons. The zero-order valence-corrected chi connectivity index (χ0v) is 14.1. The number of ether oxygens (including phenoxy) is 1. The lowest BCUT2D eigenvalue weighted by atomic mass is 10.1. The first kappa shape index (κ1) is 17.0. The van der Waals surface area contributed by atoms with Gasteiger partial charge in [0.25, 0.3) is 5.56 Å². The number of rotatable bonds is 4. The standard InChI is InChI=1S/C18H15ClN2O4/c1-2-25-17(23)15(11-7-9-12(19)10-8-11)21-16(22)13-5-3-4-6-14(13)20-18(21)24/h3-10,15H,2H2,1H3,(H,20,24)/t15-/m0/s1. The molecule has 1 atom stereocenters. The molecule has 3 aromatic rings. The van der Waals surface area contributed by atoms with Crippen LogP contribution in [0, 0.1) is 0 Å². The Morgan fingerprint density at radius 3 is 2.52 bits per heavy atom. The van der Waals surface area contributed by atoms with Crippen LogP contribution >= 0.6 is 11.6 Å². The van der Waals surface area contributed by atoms with Crippen molar-refractivity contribution in [1.82, 2.24) is 9.55 Å². The summed E-state index contributed by atoms with van der Waals surface area (Å²) in [6.07, 6.45) is 0. The molecule has 6 nitrogen and oxygen atoms in total. The van der Waals surface area contributed by atoms with Crippen molar-refractivity contribution in [2.45, 2.75) is 13.0 Å². The van der Waals surface area contributed by atoms with E-state index >= 15 is 0 Å². The number of carbonyl (C=O) groups excluding carboxylic acids is 1. The average molecular weight is 359 g/mol. The molecule has 1 aromatic heterocycles. The fourth-order valence-corrected chi connectivity index (χ4v) is 2.79. The fourth-order valence-electron chi connectivity index (χ4n) is 2.67. The van der Waals surface area contributed by atoms with Crippen LogP contribution in [-0.4, -0.2) is 22.1 Å². The van der Waals surface area contributed by atoms with Gasteiger partial charge in [0.2, 0.25) is 0 Å². The van der Waals surface area contributed by atoms with E-state index in [9.17, 15) is 14.4 Å². The van der Waals surface area contributed by atoms with Gasteiger partial charge in [-0.2, -0.15) is 0 Å². The molecule has 25 heavy (non-hydrogen) atoms. The molecule has 0 saturated carbocycles. The molecular weight excluding hydrogens is 344 g/mol. The van der Waals surface area contributed by atoms with Crippen LogP contribution in [0.15, 0.2) is 58.1 Å². The van der Waals surface area contributed by atoms with Gasteiger partial charge >= 0.3 is 11.7 Å². The minimum absolute atomic E-state index is 0.128. The van der Waals surface area contributed by atoms with Crippen LogP contribution < -0.4 is 11.2 Å². The van der Waals surface area contributed by atoms with Gasteiger partial charge in [-0.05, 0) is 36.8 Å². The van der Waals surface area contributed by atoms with Crippen molar-refractivity contribution in [3.63, 3.8) is 0 Å². The number of aromatic nitrogens is 2. The van der Waals surface area contributed by atoms with E-state index in [0.29, 0.717) is 21.5 Å². The number of nitrogens with zero attached hydrogens (tertiary/aromatic N) is 1. The quantitative estimate of drug-likeness (QED) is 0.726. The molecule has 7 heteroatoms. The number of para-hydroxylation sites is 1. The smallest absolute Gasteiger partial charge is 0.334 e. The van der Waals surface area contributed by atoms with Crippen molar-refractivity contribution in [1.29, 1.82) is 0 Å². The van der Waals surface area contributed by atoms with Crippen LogP contribution in [0.5, 0.6) is 0 Å². The molecule has 0 aliphatic heterocycles. The van der Waals surface area contributed by atoms with Crippen molar-refractivity contribution in [2.75, 3.05) is 6.61 Å². The minimum Gasteiger partial charge on any atom is -0.464 e. The summed E-state index contributed by atoms with van der Waals surface area (Å²) in [7, 11) is 0. The lowest BCUT2D eigenvalue weighted by Gasteiger charge is -2.18. The summed E-state index contributed by atoms with van der Waals surface area (Å²) in [5.41, 5.74) is -0.401. The maximum absolute atomic E-state index is 12.8. The van der Waals surface area contributed by atoms with E-state index in [1.54, 1.807) is 55.5 Å². The Morgan fingerprint density at radius 2 is 1.84 bits per heavy atom. The Labute approximate surface area is 147 Å². The van der Waals surface area contributed by atoms with E-state index in [1.165, 1.54) is 0 Å². The highest BCUT2D eigenvalue weighted by molar-refractivity contribution is 6.30. The summed E-state index contributed by atoms with van der Waals surface area (Å²) in [6.45, 7) is 1.79. The molecule has 0 fully saturated rings. The number of hydrogen-bond acceptors (Lipinski definition) is 4. The monoisotopic (exact) mass is 358 g/mol. The number of aromatic amines is 1. The number of nitrogens with one attached hydrogen (secondary N) is 1. The summed E-state index contributed by atoms with van der Waals surface area (Å²) in [6, 6.07) is 11.8. The third kappa shape index (κ3) is 3.21. The Balaban J connectivity index is 2.28. The zero-order valence-electron chi connectivity index (χ0n) is 13.4. The maximum atomic E-state index is 12.8. The van der Waals surface area contributed by atoms with Crippen molar-refractivity contribution < 1.29 is 9.53 Å². The normalized spacial score (nSPS) is 12.1. The Kier molecular flexibility index (Phi) is 4.72. The van der Waals surface area contributed by atoms with Crippen LogP contribution in [0.2, 0.25) is 5.02 Å². The molecule has 0 unspecified atom stereocenters. The van der Waals surface area contributed by atoms with Gasteiger partial charge in [-0.25, -0.2) is 14.2 Å². The van der Waals surface area contributed by atoms with Crippen LogP contribution in [-0.2, 0) is 9.53 Å². The van der Waals surface area contributed by atoms with Crippen LogP contribution in [0.25, 0.3) is 10.9 Å². The molecule has 128 valence electrons. The van der Waals surface area contributed by atoms with E-state index < -0.39 is 23.3 Å². The fraction of sp³-hybridized carbons (Fsp3) is 0.167. The summed E-state index contributed by atoms with van der Waals surface area (Å²) in [4.78, 5) is 40.5. The SMILES string of the molecule is CCOC(=O)[C@H](c1ccc(Cl)cc1)n1c(=O)[nH]c2ccccc2c1=O. The Morgan fingerprint density at radius 1 is 1.16 bits per heavy atom. The van der Waals surface area contributed by atoms with E-state index in [1.807, 2.05) is 0 Å². The van der Waals surface area contributed by atoms with E-state index in [4.69, 9.17) is 16.3 Å². The molecule has 0 aliphatic carbocycles. The van der Waals surface area contributed by atoms with Gasteiger partial charge in [-0.3, -0.25) is 4.79 Å². The number of H-pyrrole nitrogens is 1. The molecule has 1 N–H and O–H groups in total. The van der Waals surface area contributed by atoms with E-state index in [-0.39, 0.29) is 6.61 Å². The molecule has 0 amide bonds. The highest BCUT2D eigenvalue weighted by atomic mass is 35.5. The summed E-state index contributed by atoms with van der Waals surface area (Å²) >= 11 is 5.89.